The van der Waals surface area contributed by atoms with Gasteiger partial charge in [-0.1, -0.05) is 11.6 Å². The molecule has 5 nitrogen and oxygen atoms in total. The quantitative estimate of drug-likeness (QED) is 0.799. The van der Waals surface area contributed by atoms with E-state index in [2.05, 4.69) is 10.3 Å². The second kappa shape index (κ2) is 6.42. The summed E-state index contributed by atoms with van der Waals surface area (Å²) in [6.45, 7) is 3.46. The molecule has 0 aliphatic carbocycles. The average Bonchev–Trinajstić information content (AvgIpc) is 2.22. The summed E-state index contributed by atoms with van der Waals surface area (Å²) in [6, 6.07) is 3.61. The molecular weight excluding hydrogens is 240 g/mol. The van der Waals surface area contributed by atoms with Gasteiger partial charge < -0.3 is 11.1 Å². The largest absolute Gasteiger partial charge is 0.370 e. The molecule has 0 saturated carbocycles. The number of aromatic nitrogens is 1. The van der Waals surface area contributed by atoms with Crippen molar-refractivity contribution in [1.29, 1.82) is 0 Å². The Labute approximate surface area is 106 Å². The Kier molecular flexibility index (Phi) is 5.18. The van der Waals surface area contributed by atoms with Gasteiger partial charge in [0.05, 0.1) is 17.3 Å². The van der Waals surface area contributed by atoms with Gasteiger partial charge in [-0.25, -0.2) is 4.98 Å². The highest BCUT2D eigenvalue weighted by atomic mass is 35.5. The van der Waals surface area contributed by atoms with Gasteiger partial charge in [0, 0.05) is 13.1 Å². The molecule has 0 aliphatic rings. The first-order valence-corrected chi connectivity index (χ1v) is 5.77. The Morgan fingerprint density at radius 3 is 2.88 bits per heavy atom. The molecular formula is C11H17ClN4O. The van der Waals surface area contributed by atoms with Crippen LogP contribution in [0.1, 0.15) is 12.6 Å². The van der Waals surface area contributed by atoms with E-state index in [0.717, 1.165) is 18.1 Å². The summed E-state index contributed by atoms with van der Waals surface area (Å²) in [4.78, 5) is 16.9. The second-order valence-corrected chi connectivity index (χ2v) is 4.20. The number of hydrogen-bond donors (Lipinski definition) is 2. The number of carbonyl (C=O) groups is 1. The maximum absolute atomic E-state index is 10.8. The molecule has 0 aromatic carbocycles. The maximum atomic E-state index is 10.8. The van der Waals surface area contributed by atoms with Crippen LogP contribution in [0.25, 0.3) is 0 Å². The Morgan fingerprint density at radius 1 is 1.59 bits per heavy atom. The fraction of sp³-hybridized carbons (Fsp3) is 0.455. The number of pyridine rings is 1. The van der Waals surface area contributed by atoms with E-state index in [9.17, 15) is 4.79 Å². The number of halogens is 1. The summed E-state index contributed by atoms with van der Waals surface area (Å²) in [5.74, 6) is 0.408. The normalized spacial score (nSPS) is 10.6. The summed E-state index contributed by atoms with van der Waals surface area (Å²) >= 11 is 6.04. The number of anilines is 1. The number of hydrogen-bond acceptors (Lipinski definition) is 4. The third-order valence-corrected chi connectivity index (χ3v) is 2.47. The number of nitrogens with one attached hydrogen (secondary N) is 1. The molecule has 0 aliphatic heterocycles. The summed E-state index contributed by atoms with van der Waals surface area (Å²) in [6.07, 6.45) is 0. The average molecular weight is 257 g/mol. The van der Waals surface area contributed by atoms with Gasteiger partial charge in [-0.2, -0.15) is 0 Å². The van der Waals surface area contributed by atoms with Gasteiger partial charge >= 0.3 is 0 Å². The van der Waals surface area contributed by atoms with Gasteiger partial charge in [0.1, 0.15) is 5.82 Å². The van der Waals surface area contributed by atoms with Gasteiger partial charge in [0.25, 0.3) is 0 Å². The Morgan fingerprint density at radius 2 is 2.29 bits per heavy atom. The zero-order valence-corrected chi connectivity index (χ0v) is 10.8. The first kappa shape index (κ1) is 13.7. The summed E-state index contributed by atoms with van der Waals surface area (Å²) in [5, 5.41) is 3.70. The number of likely N-dealkylation sites (N-methyl/N-ethyl adjacent to an activating group) is 1. The molecule has 0 spiro atoms. The van der Waals surface area contributed by atoms with Crippen LogP contribution < -0.4 is 11.1 Å². The van der Waals surface area contributed by atoms with Crippen LogP contribution >= 0.6 is 11.6 Å². The fourth-order valence-electron chi connectivity index (χ4n) is 1.45. The van der Waals surface area contributed by atoms with Crippen molar-refractivity contribution in [3.05, 3.63) is 22.8 Å². The molecule has 3 N–H and O–H groups in total. The van der Waals surface area contributed by atoms with E-state index in [-0.39, 0.29) is 12.5 Å². The van der Waals surface area contributed by atoms with Crippen molar-refractivity contribution in [3.8, 4) is 0 Å². The third-order valence-electron chi connectivity index (χ3n) is 2.12. The zero-order valence-electron chi connectivity index (χ0n) is 10.0. The first-order valence-electron chi connectivity index (χ1n) is 5.39. The van der Waals surface area contributed by atoms with Gasteiger partial charge in [-0.15, -0.1) is 0 Å². The molecule has 0 saturated heterocycles. The van der Waals surface area contributed by atoms with E-state index in [0.29, 0.717) is 11.6 Å². The van der Waals surface area contributed by atoms with Crippen LogP contribution in [0.3, 0.4) is 0 Å². The van der Waals surface area contributed by atoms with Gasteiger partial charge in [0.15, 0.2) is 0 Å². The predicted octanol–water partition coefficient (Wildman–Crippen LogP) is 1.08. The molecule has 0 atom stereocenters. The number of rotatable bonds is 6. The van der Waals surface area contributed by atoms with Crippen LogP contribution in [0.2, 0.25) is 5.02 Å². The lowest BCUT2D eigenvalue weighted by Gasteiger charge is -2.15. The lowest BCUT2D eigenvalue weighted by atomic mass is 10.3. The minimum Gasteiger partial charge on any atom is -0.370 e. The summed E-state index contributed by atoms with van der Waals surface area (Å²) in [5.41, 5.74) is 5.85. The van der Waals surface area contributed by atoms with Crippen molar-refractivity contribution in [2.75, 3.05) is 25.5 Å². The van der Waals surface area contributed by atoms with E-state index in [1.807, 2.05) is 13.0 Å². The van der Waals surface area contributed by atoms with Crippen LogP contribution in [-0.4, -0.2) is 35.9 Å². The molecule has 1 rings (SSSR count). The molecule has 0 radical (unpaired) electrons. The standard InChI is InChI=1S/C11H17ClN4O/c1-3-14-11-5-4-8(12)9(15-11)6-16(2)7-10(13)17/h4-5H,3,6-7H2,1-2H3,(H2,13,17)(H,14,15). The molecule has 1 aromatic rings. The van der Waals surface area contributed by atoms with E-state index in [4.69, 9.17) is 17.3 Å². The molecule has 1 aromatic heterocycles. The molecule has 0 unspecified atom stereocenters. The van der Waals surface area contributed by atoms with Crippen LogP contribution in [0.15, 0.2) is 12.1 Å². The van der Waals surface area contributed by atoms with Crippen molar-refractivity contribution in [3.63, 3.8) is 0 Å². The number of carbonyl (C=O) groups excluding carboxylic acids is 1. The summed E-state index contributed by atoms with van der Waals surface area (Å²) < 4.78 is 0. The number of nitrogens with two attached hydrogens (primary N) is 1. The monoisotopic (exact) mass is 256 g/mol. The second-order valence-electron chi connectivity index (χ2n) is 3.79. The minimum absolute atomic E-state index is 0.184. The summed E-state index contributed by atoms with van der Waals surface area (Å²) in [7, 11) is 1.79. The van der Waals surface area contributed by atoms with E-state index in [1.54, 1.807) is 18.0 Å². The lowest BCUT2D eigenvalue weighted by Crippen LogP contribution is -2.30. The van der Waals surface area contributed by atoms with Gasteiger partial charge in [0.2, 0.25) is 5.91 Å². The molecule has 1 heterocycles. The number of amides is 1. The lowest BCUT2D eigenvalue weighted by molar-refractivity contribution is -0.118. The zero-order chi connectivity index (χ0) is 12.8. The minimum atomic E-state index is -0.369. The first-order chi connectivity index (χ1) is 8.02. The Hall–Kier alpha value is -1.33. The highest BCUT2D eigenvalue weighted by molar-refractivity contribution is 6.31. The molecule has 6 heteroatoms. The van der Waals surface area contributed by atoms with Crippen molar-refractivity contribution in [2.24, 2.45) is 5.73 Å². The van der Waals surface area contributed by atoms with Gasteiger partial charge in [-0.3, -0.25) is 9.69 Å². The van der Waals surface area contributed by atoms with Crippen LogP contribution in [0.4, 0.5) is 5.82 Å². The van der Waals surface area contributed by atoms with Crippen LogP contribution in [0, 0.1) is 0 Å². The van der Waals surface area contributed by atoms with Crippen molar-refractivity contribution in [2.45, 2.75) is 13.5 Å². The fourth-order valence-corrected chi connectivity index (χ4v) is 1.62. The topological polar surface area (TPSA) is 71.2 Å². The smallest absolute Gasteiger partial charge is 0.231 e. The molecule has 0 fully saturated rings. The Bertz CT molecular complexity index is 397. The predicted molar refractivity (Wildman–Crippen MR) is 68.9 cm³/mol. The van der Waals surface area contributed by atoms with Gasteiger partial charge in [-0.05, 0) is 26.1 Å². The van der Waals surface area contributed by atoms with Crippen molar-refractivity contribution >= 4 is 23.3 Å². The van der Waals surface area contributed by atoms with Crippen LogP contribution in [-0.2, 0) is 11.3 Å². The maximum Gasteiger partial charge on any atom is 0.231 e. The highest BCUT2D eigenvalue weighted by Gasteiger charge is 2.09. The van der Waals surface area contributed by atoms with Crippen molar-refractivity contribution in [1.82, 2.24) is 9.88 Å². The SMILES string of the molecule is CCNc1ccc(Cl)c(CN(C)CC(N)=O)n1. The van der Waals surface area contributed by atoms with E-state index in [1.165, 1.54) is 0 Å². The van der Waals surface area contributed by atoms with E-state index < -0.39 is 0 Å². The number of primary amides is 1. The van der Waals surface area contributed by atoms with Crippen molar-refractivity contribution < 1.29 is 4.79 Å². The molecule has 94 valence electrons. The molecule has 1 amide bonds. The highest BCUT2D eigenvalue weighted by Crippen LogP contribution is 2.17. The van der Waals surface area contributed by atoms with Crippen LogP contribution in [0.5, 0.6) is 0 Å². The number of nitrogens with zero attached hydrogens (tertiary/aromatic N) is 2. The van der Waals surface area contributed by atoms with E-state index >= 15 is 0 Å². The molecule has 17 heavy (non-hydrogen) atoms. The third kappa shape index (κ3) is 4.58. The Balaban J connectivity index is 2.74. The molecule has 0 bridgehead atoms.